The summed E-state index contributed by atoms with van der Waals surface area (Å²) in [6, 6.07) is 5.13. The fourth-order valence-electron chi connectivity index (χ4n) is 2.66. The lowest BCUT2D eigenvalue weighted by atomic mass is 10.1. The molecule has 0 saturated heterocycles. The van der Waals surface area contributed by atoms with E-state index in [1.54, 1.807) is 37.1 Å². The van der Waals surface area contributed by atoms with E-state index in [4.69, 9.17) is 4.74 Å². The first kappa shape index (κ1) is 17.8. The van der Waals surface area contributed by atoms with E-state index in [0.29, 0.717) is 36.0 Å². The van der Waals surface area contributed by atoms with Crippen molar-refractivity contribution in [3.8, 4) is 5.75 Å². The smallest absolute Gasteiger partial charge is 0.322 e. The molecule has 1 aliphatic rings. The predicted octanol–water partition coefficient (Wildman–Crippen LogP) is 3.47. The molecular formula is C18H25N3O3. The Bertz CT molecular complexity index is 640. The first-order chi connectivity index (χ1) is 11.5. The first-order valence-electron chi connectivity index (χ1n) is 8.18. The van der Waals surface area contributed by atoms with E-state index >= 15 is 0 Å². The Morgan fingerprint density at radius 3 is 2.71 bits per heavy atom. The second-order valence-corrected chi connectivity index (χ2v) is 6.06. The summed E-state index contributed by atoms with van der Waals surface area (Å²) in [6.07, 6.45) is 4.44. The van der Waals surface area contributed by atoms with Gasteiger partial charge in [-0.15, -0.1) is 0 Å². The zero-order valence-electron chi connectivity index (χ0n) is 14.6. The van der Waals surface area contributed by atoms with Crippen LogP contribution in [0.25, 0.3) is 0 Å². The number of nitrogens with zero attached hydrogens (tertiary/aromatic N) is 1. The van der Waals surface area contributed by atoms with Gasteiger partial charge in [-0.25, -0.2) is 4.79 Å². The monoisotopic (exact) mass is 331 g/mol. The normalized spacial score (nSPS) is 16.4. The maximum Gasteiger partial charge on any atom is 0.322 e. The fourth-order valence-corrected chi connectivity index (χ4v) is 2.66. The van der Waals surface area contributed by atoms with Gasteiger partial charge in [0.2, 0.25) is 5.91 Å². The third-order valence-corrected chi connectivity index (χ3v) is 3.99. The highest BCUT2D eigenvalue weighted by Crippen LogP contribution is 2.28. The van der Waals surface area contributed by atoms with Crippen molar-refractivity contribution in [1.29, 1.82) is 0 Å². The van der Waals surface area contributed by atoms with Crippen molar-refractivity contribution in [2.75, 3.05) is 24.3 Å². The molecule has 1 aliphatic heterocycles. The molecular weight excluding hydrogens is 306 g/mol. The lowest BCUT2D eigenvalue weighted by Crippen LogP contribution is -2.41. The molecule has 130 valence electrons. The number of nitrogens with one attached hydrogen (secondary N) is 2. The Balaban J connectivity index is 2.13. The van der Waals surface area contributed by atoms with Crippen molar-refractivity contribution in [2.45, 2.75) is 33.2 Å². The molecule has 24 heavy (non-hydrogen) atoms. The number of ether oxygens (including phenoxy) is 1. The summed E-state index contributed by atoms with van der Waals surface area (Å²) >= 11 is 0. The number of benzene rings is 1. The molecule has 6 nitrogen and oxygen atoms in total. The number of urea groups is 1. The van der Waals surface area contributed by atoms with Crippen LogP contribution in [0.5, 0.6) is 5.75 Å². The molecule has 0 saturated carbocycles. The molecule has 1 atom stereocenters. The van der Waals surface area contributed by atoms with Crippen LogP contribution in [0.3, 0.4) is 0 Å². The van der Waals surface area contributed by atoms with Crippen LogP contribution >= 0.6 is 0 Å². The van der Waals surface area contributed by atoms with Gasteiger partial charge in [0.1, 0.15) is 5.75 Å². The third-order valence-electron chi connectivity index (χ3n) is 3.99. The number of rotatable bonds is 5. The zero-order chi connectivity index (χ0) is 17.7. The quantitative estimate of drug-likeness (QED) is 0.812. The molecule has 1 unspecified atom stereocenters. The topological polar surface area (TPSA) is 70.7 Å². The maximum absolute atomic E-state index is 12.5. The molecule has 3 amide bonds. The SMILES string of the molecule is CCC(=O)Nc1cc(NC(=O)N2CC=CC2C(C)C)ccc1OC. The molecule has 0 bridgehead atoms. The van der Waals surface area contributed by atoms with Gasteiger partial charge in [-0.2, -0.15) is 0 Å². The van der Waals surface area contributed by atoms with E-state index in [2.05, 4.69) is 30.6 Å². The lowest BCUT2D eigenvalue weighted by molar-refractivity contribution is -0.115. The van der Waals surface area contributed by atoms with Gasteiger partial charge >= 0.3 is 6.03 Å². The summed E-state index contributed by atoms with van der Waals surface area (Å²) < 4.78 is 5.25. The largest absolute Gasteiger partial charge is 0.495 e. The van der Waals surface area contributed by atoms with Crippen LogP contribution in [0.2, 0.25) is 0 Å². The van der Waals surface area contributed by atoms with Gasteiger partial charge in [-0.3, -0.25) is 4.79 Å². The summed E-state index contributed by atoms with van der Waals surface area (Å²) in [6.45, 7) is 6.56. The minimum Gasteiger partial charge on any atom is -0.495 e. The van der Waals surface area contributed by atoms with E-state index in [-0.39, 0.29) is 18.0 Å². The second-order valence-electron chi connectivity index (χ2n) is 6.06. The fraction of sp³-hybridized carbons (Fsp3) is 0.444. The first-order valence-corrected chi connectivity index (χ1v) is 8.18. The summed E-state index contributed by atoms with van der Waals surface area (Å²) in [5.74, 6) is 0.794. The summed E-state index contributed by atoms with van der Waals surface area (Å²) in [4.78, 5) is 26.0. The average molecular weight is 331 g/mol. The molecule has 1 heterocycles. The standard InChI is InChI=1S/C18H25N3O3/c1-5-17(22)20-14-11-13(8-9-16(14)24-4)19-18(23)21-10-6-7-15(21)12(2)3/h6-9,11-12,15H,5,10H2,1-4H3,(H,19,23)(H,20,22). The van der Waals surface area contributed by atoms with E-state index in [1.807, 2.05) is 6.08 Å². The van der Waals surface area contributed by atoms with Crippen molar-refractivity contribution in [2.24, 2.45) is 5.92 Å². The number of anilines is 2. The molecule has 0 fully saturated rings. The predicted molar refractivity (Wildman–Crippen MR) is 95.4 cm³/mol. The Labute approximate surface area is 142 Å². The van der Waals surface area contributed by atoms with E-state index in [1.165, 1.54) is 0 Å². The summed E-state index contributed by atoms with van der Waals surface area (Å²) in [5.41, 5.74) is 1.16. The number of amides is 3. The van der Waals surface area contributed by atoms with Crippen LogP contribution in [0.1, 0.15) is 27.2 Å². The van der Waals surface area contributed by atoms with Crippen molar-refractivity contribution in [3.63, 3.8) is 0 Å². The molecule has 0 aliphatic carbocycles. The molecule has 1 aromatic carbocycles. The van der Waals surface area contributed by atoms with E-state index in [0.717, 1.165) is 0 Å². The lowest BCUT2D eigenvalue weighted by Gasteiger charge is -2.27. The van der Waals surface area contributed by atoms with Gasteiger partial charge in [-0.05, 0) is 24.1 Å². The number of methoxy groups -OCH3 is 1. The van der Waals surface area contributed by atoms with Gasteiger partial charge in [0.25, 0.3) is 0 Å². The minimum atomic E-state index is -0.156. The number of hydrogen-bond donors (Lipinski definition) is 2. The van der Waals surface area contributed by atoms with Crippen molar-refractivity contribution in [1.82, 2.24) is 4.90 Å². The van der Waals surface area contributed by atoms with Gasteiger partial charge in [0.05, 0.1) is 18.8 Å². The summed E-state index contributed by atoms with van der Waals surface area (Å²) in [7, 11) is 1.54. The molecule has 2 N–H and O–H groups in total. The van der Waals surface area contributed by atoms with Crippen molar-refractivity contribution < 1.29 is 14.3 Å². The Morgan fingerprint density at radius 1 is 1.33 bits per heavy atom. The maximum atomic E-state index is 12.5. The highest BCUT2D eigenvalue weighted by molar-refractivity contribution is 5.95. The van der Waals surface area contributed by atoms with Crippen LogP contribution < -0.4 is 15.4 Å². The Kier molecular flexibility index (Phi) is 5.84. The van der Waals surface area contributed by atoms with Crippen LogP contribution in [0, 0.1) is 5.92 Å². The molecule has 0 spiro atoms. The molecule has 0 aromatic heterocycles. The molecule has 2 rings (SSSR count). The van der Waals surface area contributed by atoms with Crippen molar-refractivity contribution in [3.05, 3.63) is 30.4 Å². The van der Waals surface area contributed by atoms with E-state index < -0.39 is 0 Å². The molecule has 6 heteroatoms. The highest BCUT2D eigenvalue weighted by Gasteiger charge is 2.27. The van der Waals surface area contributed by atoms with Gasteiger partial charge in [0.15, 0.2) is 0 Å². The van der Waals surface area contributed by atoms with E-state index in [9.17, 15) is 9.59 Å². The molecule has 1 aromatic rings. The van der Waals surface area contributed by atoms with Crippen LogP contribution in [0.4, 0.5) is 16.2 Å². The third kappa shape index (κ3) is 4.07. The average Bonchev–Trinajstić information content (AvgIpc) is 3.05. The van der Waals surface area contributed by atoms with Crippen LogP contribution in [-0.2, 0) is 4.79 Å². The van der Waals surface area contributed by atoms with Gasteiger partial charge < -0.3 is 20.3 Å². The highest BCUT2D eigenvalue weighted by atomic mass is 16.5. The van der Waals surface area contributed by atoms with Crippen LogP contribution in [-0.4, -0.2) is 36.5 Å². The van der Waals surface area contributed by atoms with Crippen molar-refractivity contribution >= 4 is 23.3 Å². The Morgan fingerprint density at radius 2 is 2.08 bits per heavy atom. The second kappa shape index (κ2) is 7.86. The summed E-state index contributed by atoms with van der Waals surface area (Å²) in [5, 5.41) is 5.67. The molecule has 0 radical (unpaired) electrons. The Hall–Kier alpha value is -2.50. The minimum absolute atomic E-state index is 0.0995. The zero-order valence-corrected chi connectivity index (χ0v) is 14.6. The number of carbonyl (C=O) groups excluding carboxylic acids is 2. The number of carbonyl (C=O) groups is 2. The van der Waals surface area contributed by atoms with Gasteiger partial charge in [-0.1, -0.05) is 32.9 Å². The van der Waals surface area contributed by atoms with Gasteiger partial charge in [0, 0.05) is 18.7 Å². The number of hydrogen-bond acceptors (Lipinski definition) is 3. The van der Waals surface area contributed by atoms with Crippen LogP contribution in [0.15, 0.2) is 30.4 Å².